The van der Waals surface area contributed by atoms with Gasteiger partial charge >= 0.3 is 12.1 Å². The molecule has 3 rings (SSSR count). The Kier molecular flexibility index (Phi) is 11.3. The Morgan fingerprint density at radius 1 is 0.973 bits per heavy atom. The van der Waals surface area contributed by atoms with Crippen LogP contribution in [0.2, 0.25) is 0 Å². The predicted molar refractivity (Wildman–Crippen MR) is 143 cm³/mol. The molecule has 1 unspecified atom stereocenters. The molecular weight excluding hydrogens is 470 g/mol. The molecule has 1 atom stereocenters. The fourth-order valence-electron chi connectivity index (χ4n) is 4.65. The molecular formula is C30H41NO6. The molecule has 0 aromatic heterocycles. The quantitative estimate of drug-likeness (QED) is 0.340. The normalized spacial score (nSPS) is 14.8. The van der Waals surface area contributed by atoms with Crippen LogP contribution in [0.3, 0.4) is 0 Å². The van der Waals surface area contributed by atoms with E-state index in [1.807, 2.05) is 48.5 Å². The molecule has 2 aromatic carbocycles. The second kappa shape index (κ2) is 14.6. The Morgan fingerprint density at radius 2 is 1.62 bits per heavy atom. The van der Waals surface area contributed by atoms with E-state index in [1.54, 1.807) is 11.8 Å². The van der Waals surface area contributed by atoms with E-state index >= 15 is 0 Å². The summed E-state index contributed by atoms with van der Waals surface area (Å²) in [4.78, 5) is 26.2. The van der Waals surface area contributed by atoms with Crippen LogP contribution >= 0.6 is 0 Å². The summed E-state index contributed by atoms with van der Waals surface area (Å²) in [6.45, 7) is 7.82. The second-order valence-electron chi connectivity index (χ2n) is 10.0. The molecule has 1 amide bonds. The second-order valence-corrected chi connectivity index (χ2v) is 10.0. The van der Waals surface area contributed by atoms with Crippen molar-refractivity contribution < 1.29 is 28.9 Å². The summed E-state index contributed by atoms with van der Waals surface area (Å²) in [5.74, 6) is 1.15. The van der Waals surface area contributed by atoms with E-state index in [9.17, 15) is 14.7 Å². The first-order valence-corrected chi connectivity index (χ1v) is 13.5. The summed E-state index contributed by atoms with van der Waals surface area (Å²) >= 11 is 0. The molecule has 0 heterocycles. The van der Waals surface area contributed by atoms with Gasteiger partial charge in [0.1, 0.15) is 18.1 Å². The molecule has 1 N–H and O–H groups in total. The van der Waals surface area contributed by atoms with E-state index in [4.69, 9.17) is 14.2 Å². The number of carboxylic acid groups (broad SMARTS) is 1. The third-order valence-electron chi connectivity index (χ3n) is 6.83. The lowest BCUT2D eigenvalue weighted by atomic mass is 9.89. The Balaban J connectivity index is 1.56. The van der Waals surface area contributed by atoms with Gasteiger partial charge < -0.3 is 24.2 Å². The SMILES string of the molecule is CCOC(Cc1ccc(OCCN(CC2CCCCC2)C(=O)Oc2ccc(C(C)C)cc2)cc1)C(=O)O. The highest BCUT2D eigenvalue weighted by molar-refractivity contribution is 5.72. The van der Waals surface area contributed by atoms with Crippen LogP contribution in [0.25, 0.3) is 0 Å². The zero-order chi connectivity index (χ0) is 26.6. The molecule has 37 heavy (non-hydrogen) atoms. The Bertz CT molecular complexity index is 967. The molecule has 1 fully saturated rings. The fraction of sp³-hybridized carbons (Fsp3) is 0.533. The zero-order valence-corrected chi connectivity index (χ0v) is 22.4. The minimum atomic E-state index is -0.969. The van der Waals surface area contributed by atoms with E-state index in [0.29, 0.717) is 56.1 Å². The Hall–Kier alpha value is -3.06. The Morgan fingerprint density at radius 3 is 2.22 bits per heavy atom. The maximum atomic E-state index is 13.1. The van der Waals surface area contributed by atoms with Crippen LogP contribution in [-0.2, 0) is 16.0 Å². The number of ether oxygens (including phenoxy) is 3. The number of carbonyl (C=O) groups is 2. The molecule has 1 saturated carbocycles. The van der Waals surface area contributed by atoms with Crippen LogP contribution < -0.4 is 9.47 Å². The van der Waals surface area contributed by atoms with Crippen molar-refractivity contribution in [1.29, 1.82) is 0 Å². The van der Waals surface area contributed by atoms with Crippen molar-refractivity contribution in [3.8, 4) is 11.5 Å². The zero-order valence-electron chi connectivity index (χ0n) is 22.4. The van der Waals surface area contributed by atoms with Gasteiger partial charge in [0.05, 0.1) is 6.54 Å². The first kappa shape index (κ1) is 28.5. The number of rotatable bonds is 13. The fourth-order valence-corrected chi connectivity index (χ4v) is 4.65. The highest BCUT2D eigenvalue weighted by Crippen LogP contribution is 2.25. The number of carboxylic acids is 1. The highest BCUT2D eigenvalue weighted by atomic mass is 16.6. The number of hydrogen-bond acceptors (Lipinski definition) is 5. The topological polar surface area (TPSA) is 85.3 Å². The molecule has 1 aliphatic rings. The van der Waals surface area contributed by atoms with Crippen molar-refractivity contribution >= 4 is 12.1 Å². The number of amides is 1. The van der Waals surface area contributed by atoms with Crippen molar-refractivity contribution in [3.05, 3.63) is 59.7 Å². The number of nitrogens with zero attached hydrogens (tertiary/aromatic N) is 1. The van der Waals surface area contributed by atoms with Gasteiger partial charge in [-0.3, -0.25) is 0 Å². The van der Waals surface area contributed by atoms with Crippen molar-refractivity contribution in [2.75, 3.05) is 26.3 Å². The molecule has 0 saturated heterocycles. The van der Waals surface area contributed by atoms with Gasteiger partial charge in [0.15, 0.2) is 6.10 Å². The summed E-state index contributed by atoms with van der Waals surface area (Å²) in [6.07, 6.45) is 5.03. The van der Waals surface area contributed by atoms with Crippen molar-refractivity contribution in [2.45, 2.75) is 71.3 Å². The largest absolute Gasteiger partial charge is 0.492 e. The van der Waals surface area contributed by atoms with E-state index in [-0.39, 0.29) is 6.09 Å². The van der Waals surface area contributed by atoms with Gasteiger partial charge in [-0.2, -0.15) is 0 Å². The minimum Gasteiger partial charge on any atom is -0.492 e. The molecule has 0 bridgehead atoms. The molecule has 1 aliphatic carbocycles. The van der Waals surface area contributed by atoms with Crippen molar-refractivity contribution in [1.82, 2.24) is 4.90 Å². The van der Waals surface area contributed by atoms with Gasteiger partial charge in [0, 0.05) is 19.6 Å². The monoisotopic (exact) mass is 511 g/mol. The van der Waals surface area contributed by atoms with Crippen LogP contribution in [0.4, 0.5) is 4.79 Å². The van der Waals surface area contributed by atoms with Gasteiger partial charge in [-0.25, -0.2) is 9.59 Å². The van der Waals surface area contributed by atoms with Crippen LogP contribution in [0.1, 0.15) is 69.9 Å². The van der Waals surface area contributed by atoms with Gasteiger partial charge in [0.2, 0.25) is 0 Å². The molecule has 7 heteroatoms. The third-order valence-corrected chi connectivity index (χ3v) is 6.83. The highest BCUT2D eigenvalue weighted by Gasteiger charge is 2.23. The summed E-state index contributed by atoms with van der Waals surface area (Å²) in [5, 5.41) is 9.29. The molecule has 2 aromatic rings. The lowest BCUT2D eigenvalue weighted by Crippen LogP contribution is -2.40. The van der Waals surface area contributed by atoms with Gasteiger partial charge in [-0.15, -0.1) is 0 Å². The average Bonchev–Trinajstić information content (AvgIpc) is 2.89. The smallest absolute Gasteiger partial charge is 0.415 e. The number of hydrogen-bond donors (Lipinski definition) is 1. The van der Waals surface area contributed by atoms with Crippen LogP contribution in [-0.4, -0.2) is 54.5 Å². The molecule has 0 spiro atoms. The molecule has 7 nitrogen and oxygen atoms in total. The van der Waals surface area contributed by atoms with E-state index in [1.165, 1.54) is 24.8 Å². The average molecular weight is 512 g/mol. The third kappa shape index (κ3) is 9.39. The number of carbonyl (C=O) groups excluding carboxylic acids is 1. The first-order chi connectivity index (χ1) is 17.9. The summed E-state index contributed by atoms with van der Waals surface area (Å²) in [6, 6.07) is 15.0. The lowest BCUT2D eigenvalue weighted by Gasteiger charge is -2.29. The summed E-state index contributed by atoms with van der Waals surface area (Å²) in [5.41, 5.74) is 2.06. The van der Waals surface area contributed by atoms with Gasteiger partial charge in [0.25, 0.3) is 0 Å². The minimum absolute atomic E-state index is 0.294. The maximum absolute atomic E-state index is 13.1. The molecule has 0 aliphatic heterocycles. The summed E-state index contributed by atoms with van der Waals surface area (Å²) in [7, 11) is 0. The van der Waals surface area contributed by atoms with Crippen LogP contribution in [0, 0.1) is 5.92 Å². The standard InChI is InChI=1S/C30H41NO6/c1-4-35-28(29(32)33)20-23-10-14-26(15-11-23)36-19-18-31(21-24-8-6-5-7-9-24)30(34)37-27-16-12-25(13-17-27)22(2)3/h10-17,22,24,28H,4-9,18-21H2,1-3H3,(H,32,33). The first-order valence-electron chi connectivity index (χ1n) is 13.5. The van der Waals surface area contributed by atoms with Gasteiger partial charge in [-0.1, -0.05) is 57.4 Å². The molecule has 202 valence electrons. The van der Waals surface area contributed by atoms with Crippen molar-refractivity contribution in [3.63, 3.8) is 0 Å². The predicted octanol–water partition coefficient (Wildman–Crippen LogP) is 6.30. The Labute approximate surface area is 220 Å². The lowest BCUT2D eigenvalue weighted by molar-refractivity contribution is -0.149. The van der Waals surface area contributed by atoms with Crippen LogP contribution in [0.15, 0.2) is 48.5 Å². The molecule has 0 radical (unpaired) electrons. The summed E-state index contributed by atoms with van der Waals surface area (Å²) < 4.78 is 16.9. The van der Waals surface area contributed by atoms with Crippen molar-refractivity contribution in [2.24, 2.45) is 5.92 Å². The maximum Gasteiger partial charge on any atom is 0.415 e. The van der Waals surface area contributed by atoms with Crippen LogP contribution in [0.5, 0.6) is 11.5 Å². The number of aliphatic carboxylic acids is 1. The van der Waals surface area contributed by atoms with E-state index in [0.717, 1.165) is 18.4 Å². The van der Waals surface area contributed by atoms with E-state index in [2.05, 4.69) is 13.8 Å². The van der Waals surface area contributed by atoms with E-state index < -0.39 is 12.1 Å². The van der Waals surface area contributed by atoms with Gasteiger partial charge in [-0.05, 0) is 67.0 Å². The number of benzene rings is 2.